The summed E-state index contributed by atoms with van der Waals surface area (Å²) in [6, 6.07) is 2.01. The minimum Gasteiger partial charge on any atom is -0.481 e. The molecule has 0 aliphatic heterocycles. The molecule has 0 radical (unpaired) electrons. The molecular formula is C7H8O2S2. The molecule has 0 spiro atoms. The van der Waals surface area contributed by atoms with Crippen molar-refractivity contribution in [3.05, 3.63) is 22.4 Å². The molecule has 0 saturated carbocycles. The topological polar surface area (TPSA) is 37.3 Å². The van der Waals surface area contributed by atoms with Crippen molar-refractivity contribution < 1.29 is 9.90 Å². The Morgan fingerprint density at radius 2 is 2.55 bits per heavy atom. The van der Waals surface area contributed by atoms with Crippen molar-refractivity contribution in [2.24, 2.45) is 0 Å². The zero-order valence-electron chi connectivity index (χ0n) is 5.82. The van der Waals surface area contributed by atoms with Crippen LogP contribution in [0.1, 0.15) is 5.56 Å². The molecule has 0 unspecified atom stereocenters. The lowest BCUT2D eigenvalue weighted by molar-refractivity contribution is -0.133. The number of carboxylic acid groups (broad SMARTS) is 1. The first-order valence-corrected chi connectivity index (χ1v) is 5.19. The van der Waals surface area contributed by atoms with E-state index in [1.807, 2.05) is 16.8 Å². The quantitative estimate of drug-likeness (QED) is 0.786. The first-order chi connectivity index (χ1) is 5.29. The summed E-state index contributed by atoms with van der Waals surface area (Å²) < 4.78 is 0. The lowest BCUT2D eigenvalue weighted by Crippen LogP contribution is -1.97. The summed E-state index contributed by atoms with van der Waals surface area (Å²) in [5, 5.41) is 12.4. The first-order valence-electron chi connectivity index (χ1n) is 3.09. The van der Waals surface area contributed by atoms with Gasteiger partial charge in [0.1, 0.15) is 0 Å². The van der Waals surface area contributed by atoms with Gasteiger partial charge in [-0.15, -0.1) is 11.8 Å². The van der Waals surface area contributed by atoms with Crippen molar-refractivity contribution >= 4 is 29.1 Å². The van der Waals surface area contributed by atoms with Gasteiger partial charge >= 0.3 is 5.97 Å². The summed E-state index contributed by atoms with van der Waals surface area (Å²) in [5.74, 6) is 0.247. The van der Waals surface area contributed by atoms with Crippen molar-refractivity contribution in [1.29, 1.82) is 0 Å². The van der Waals surface area contributed by atoms with Crippen LogP contribution in [0.4, 0.5) is 0 Å². The van der Waals surface area contributed by atoms with Gasteiger partial charge < -0.3 is 5.11 Å². The maximum absolute atomic E-state index is 10.1. The lowest BCUT2D eigenvalue weighted by atomic mass is 10.4. The predicted molar refractivity (Wildman–Crippen MR) is 48.1 cm³/mol. The van der Waals surface area contributed by atoms with Crippen molar-refractivity contribution in [2.45, 2.75) is 5.75 Å². The van der Waals surface area contributed by atoms with Gasteiger partial charge in [-0.3, -0.25) is 4.79 Å². The third-order valence-electron chi connectivity index (χ3n) is 1.07. The van der Waals surface area contributed by atoms with Crippen molar-refractivity contribution in [1.82, 2.24) is 0 Å². The van der Waals surface area contributed by atoms with Crippen LogP contribution in [0.2, 0.25) is 0 Å². The zero-order chi connectivity index (χ0) is 8.10. The van der Waals surface area contributed by atoms with Crippen LogP contribution in [0.3, 0.4) is 0 Å². The van der Waals surface area contributed by atoms with E-state index < -0.39 is 5.97 Å². The number of thiophene rings is 1. The van der Waals surface area contributed by atoms with Crippen LogP contribution >= 0.6 is 23.1 Å². The van der Waals surface area contributed by atoms with Gasteiger partial charge in [0.2, 0.25) is 0 Å². The largest absolute Gasteiger partial charge is 0.481 e. The van der Waals surface area contributed by atoms with Crippen molar-refractivity contribution in [3.63, 3.8) is 0 Å². The molecule has 0 amide bonds. The first kappa shape index (κ1) is 8.62. The van der Waals surface area contributed by atoms with Crippen LogP contribution in [0, 0.1) is 0 Å². The third kappa shape index (κ3) is 3.43. The van der Waals surface area contributed by atoms with Crippen LogP contribution in [0.5, 0.6) is 0 Å². The SMILES string of the molecule is O=C(O)CSCc1ccsc1. The monoisotopic (exact) mass is 188 g/mol. The fourth-order valence-corrected chi connectivity index (χ4v) is 2.10. The number of hydrogen-bond acceptors (Lipinski definition) is 3. The van der Waals surface area contributed by atoms with E-state index >= 15 is 0 Å². The second kappa shape index (κ2) is 4.41. The Labute approximate surface area is 73.2 Å². The molecule has 0 atom stereocenters. The van der Waals surface area contributed by atoms with E-state index in [0.717, 1.165) is 5.75 Å². The Morgan fingerprint density at radius 1 is 1.73 bits per heavy atom. The Bertz CT molecular complexity index is 218. The van der Waals surface area contributed by atoms with Gasteiger partial charge in [-0.25, -0.2) is 0 Å². The van der Waals surface area contributed by atoms with Crippen LogP contribution in [0.25, 0.3) is 0 Å². The molecule has 4 heteroatoms. The normalized spacial score (nSPS) is 9.82. The Morgan fingerprint density at radius 3 is 3.09 bits per heavy atom. The number of rotatable bonds is 4. The highest BCUT2D eigenvalue weighted by Crippen LogP contribution is 2.14. The van der Waals surface area contributed by atoms with E-state index in [1.54, 1.807) is 11.3 Å². The standard InChI is InChI=1S/C7H8O2S2/c8-7(9)5-11-4-6-1-2-10-3-6/h1-3H,4-5H2,(H,8,9). The van der Waals surface area contributed by atoms with E-state index in [2.05, 4.69) is 0 Å². The van der Waals surface area contributed by atoms with Crippen LogP contribution in [-0.4, -0.2) is 16.8 Å². The number of hydrogen-bond donors (Lipinski definition) is 1. The third-order valence-corrected chi connectivity index (χ3v) is 2.79. The molecule has 1 heterocycles. The summed E-state index contributed by atoms with van der Waals surface area (Å²) in [7, 11) is 0. The number of thioether (sulfide) groups is 1. The predicted octanol–water partition coefficient (Wildman–Crippen LogP) is 2.07. The molecule has 60 valence electrons. The van der Waals surface area contributed by atoms with Crippen LogP contribution < -0.4 is 0 Å². The van der Waals surface area contributed by atoms with Gasteiger partial charge in [0.25, 0.3) is 0 Å². The number of carbonyl (C=O) groups is 1. The van der Waals surface area contributed by atoms with E-state index in [1.165, 1.54) is 17.3 Å². The molecule has 11 heavy (non-hydrogen) atoms. The summed E-state index contributed by atoms with van der Waals surface area (Å²) in [4.78, 5) is 10.1. The molecule has 1 N–H and O–H groups in total. The molecular weight excluding hydrogens is 180 g/mol. The highest BCUT2D eigenvalue weighted by atomic mass is 32.2. The summed E-state index contributed by atoms with van der Waals surface area (Å²) >= 11 is 3.06. The molecule has 1 rings (SSSR count). The average Bonchev–Trinajstić information content (AvgIpc) is 2.39. The second-order valence-electron chi connectivity index (χ2n) is 2.02. The Hall–Kier alpha value is -0.480. The number of aliphatic carboxylic acids is 1. The van der Waals surface area contributed by atoms with Crippen LogP contribution in [0.15, 0.2) is 16.8 Å². The number of carboxylic acids is 1. The molecule has 0 saturated heterocycles. The average molecular weight is 188 g/mol. The van der Waals surface area contributed by atoms with Gasteiger partial charge in [0.05, 0.1) is 5.75 Å². The molecule has 0 aliphatic carbocycles. The molecule has 0 aromatic carbocycles. The van der Waals surface area contributed by atoms with E-state index in [0.29, 0.717) is 0 Å². The van der Waals surface area contributed by atoms with Crippen molar-refractivity contribution in [2.75, 3.05) is 5.75 Å². The summed E-state index contributed by atoms with van der Waals surface area (Å²) in [6.07, 6.45) is 0. The lowest BCUT2D eigenvalue weighted by Gasteiger charge is -1.93. The van der Waals surface area contributed by atoms with E-state index in [9.17, 15) is 4.79 Å². The molecule has 0 bridgehead atoms. The van der Waals surface area contributed by atoms with Gasteiger partial charge in [0, 0.05) is 5.75 Å². The fraction of sp³-hybridized carbons (Fsp3) is 0.286. The maximum atomic E-state index is 10.1. The minimum absolute atomic E-state index is 0.190. The van der Waals surface area contributed by atoms with E-state index in [-0.39, 0.29) is 5.75 Å². The molecule has 1 aromatic rings. The molecule has 0 aliphatic rings. The molecule has 0 fully saturated rings. The Balaban J connectivity index is 2.19. The summed E-state index contributed by atoms with van der Waals surface area (Å²) in [5.41, 5.74) is 1.21. The zero-order valence-corrected chi connectivity index (χ0v) is 7.45. The van der Waals surface area contributed by atoms with Gasteiger partial charge in [-0.2, -0.15) is 11.3 Å². The smallest absolute Gasteiger partial charge is 0.313 e. The van der Waals surface area contributed by atoms with Gasteiger partial charge in [-0.05, 0) is 22.4 Å². The highest BCUT2D eigenvalue weighted by Gasteiger charge is 1.97. The van der Waals surface area contributed by atoms with Crippen LogP contribution in [-0.2, 0) is 10.5 Å². The minimum atomic E-state index is -0.745. The fourth-order valence-electron chi connectivity index (χ4n) is 0.631. The molecule has 1 aromatic heterocycles. The Kier molecular flexibility index (Phi) is 3.45. The van der Waals surface area contributed by atoms with Gasteiger partial charge in [-0.1, -0.05) is 0 Å². The maximum Gasteiger partial charge on any atom is 0.313 e. The summed E-state index contributed by atoms with van der Waals surface area (Å²) in [6.45, 7) is 0. The van der Waals surface area contributed by atoms with Crippen molar-refractivity contribution in [3.8, 4) is 0 Å². The highest BCUT2D eigenvalue weighted by molar-refractivity contribution is 7.99. The second-order valence-corrected chi connectivity index (χ2v) is 3.78. The van der Waals surface area contributed by atoms with E-state index in [4.69, 9.17) is 5.11 Å². The van der Waals surface area contributed by atoms with Gasteiger partial charge in [0.15, 0.2) is 0 Å². The molecule has 2 nitrogen and oxygen atoms in total.